The zero-order chi connectivity index (χ0) is 11.7. The van der Waals surface area contributed by atoms with E-state index in [1.165, 1.54) is 0 Å². The molecule has 0 atom stereocenters. The van der Waals surface area contributed by atoms with Gasteiger partial charge in [0.2, 0.25) is 0 Å². The summed E-state index contributed by atoms with van der Waals surface area (Å²) in [6, 6.07) is 16.3. The molecule has 82 valence electrons. The highest BCUT2D eigenvalue weighted by atomic mass is 14.9. The molecule has 0 spiro atoms. The fraction of sp³-hybridized carbons (Fsp3) is 0. The molecule has 17 heavy (non-hydrogen) atoms. The maximum atomic E-state index is 4.21. The molecule has 2 nitrogen and oxygen atoms in total. The van der Waals surface area contributed by atoms with Crippen molar-refractivity contribution in [1.29, 1.82) is 0 Å². The second-order valence-corrected chi connectivity index (χ2v) is 3.98. The molecule has 0 aliphatic heterocycles. The third-order valence-electron chi connectivity index (χ3n) is 2.89. The first-order valence-electron chi connectivity index (χ1n) is 5.52. The van der Waals surface area contributed by atoms with Crippen LogP contribution in [0.15, 0.2) is 61.4 Å². The number of aromatic amines is 1. The van der Waals surface area contributed by atoms with Crippen LogP contribution in [0.2, 0.25) is 0 Å². The summed E-state index contributed by atoms with van der Waals surface area (Å²) in [5, 5.41) is 0. The Bertz CT molecular complexity index is 665. The molecule has 0 saturated heterocycles. The van der Waals surface area contributed by atoms with Gasteiger partial charge in [0.1, 0.15) is 0 Å². The van der Waals surface area contributed by atoms with Gasteiger partial charge in [-0.1, -0.05) is 43.0 Å². The fourth-order valence-corrected chi connectivity index (χ4v) is 1.93. The summed E-state index contributed by atoms with van der Waals surface area (Å²) >= 11 is 0. The Morgan fingerprint density at radius 3 is 2.65 bits per heavy atom. The summed E-state index contributed by atoms with van der Waals surface area (Å²) in [5.41, 5.74) is 5.32. The van der Waals surface area contributed by atoms with E-state index in [9.17, 15) is 0 Å². The number of nitrogens with one attached hydrogen (secondary N) is 1. The third-order valence-corrected chi connectivity index (χ3v) is 2.89. The van der Waals surface area contributed by atoms with E-state index in [2.05, 4.69) is 40.8 Å². The van der Waals surface area contributed by atoms with Gasteiger partial charge in [-0.3, -0.25) is 0 Å². The van der Waals surface area contributed by atoms with Crippen LogP contribution in [0.1, 0.15) is 11.1 Å². The van der Waals surface area contributed by atoms with Gasteiger partial charge < -0.3 is 4.98 Å². The molecule has 0 radical (unpaired) electrons. The van der Waals surface area contributed by atoms with Crippen LogP contribution < -0.4 is 0 Å². The average Bonchev–Trinajstić information content (AvgIpc) is 2.86. The van der Waals surface area contributed by atoms with Crippen molar-refractivity contribution in [1.82, 2.24) is 9.97 Å². The molecule has 1 aromatic heterocycles. The lowest BCUT2D eigenvalue weighted by molar-refractivity contribution is 1.34. The van der Waals surface area contributed by atoms with Crippen LogP contribution in [0.5, 0.6) is 0 Å². The molecular weight excluding hydrogens is 208 g/mol. The second-order valence-electron chi connectivity index (χ2n) is 3.98. The largest absolute Gasteiger partial charge is 0.345 e. The van der Waals surface area contributed by atoms with E-state index in [4.69, 9.17) is 0 Å². The third kappa shape index (κ3) is 1.74. The smallest absolute Gasteiger partial charge is 0.0931 e. The van der Waals surface area contributed by atoms with Gasteiger partial charge in [0.25, 0.3) is 0 Å². The lowest BCUT2D eigenvalue weighted by atomic mass is 9.99. The van der Waals surface area contributed by atoms with Crippen LogP contribution in [0, 0.1) is 0 Å². The average molecular weight is 220 g/mol. The summed E-state index contributed by atoms with van der Waals surface area (Å²) in [7, 11) is 0. The first-order valence-corrected chi connectivity index (χ1v) is 5.52. The summed E-state index contributed by atoms with van der Waals surface area (Å²) in [5.74, 6) is 0. The molecule has 0 unspecified atom stereocenters. The number of imidazole rings is 1. The van der Waals surface area contributed by atoms with Gasteiger partial charge in [0.05, 0.1) is 17.4 Å². The van der Waals surface area contributed by atoms with Crippen LogP contribution >= 0.6 is 0 Å². The molecular formula is C15H12N2. The molecule has 0 saturated carbocycles. The number of rotatable bonds is 2. The van der Waals surface area contributed by atoms with Gasteiger partial charge in [-0.15, -0.1) is 0 Å². The first kappa shape index (κ1) is 9.85. The van der Waals surface area contributed by atoms with E-state index in [0.29, 0.717) is 0 Å². The number of hydrogen-bond donors (Lipinski definition) is 1. The van der Waals surface area contributed by atoms with Crippen molar-refractivity contribution in [2.75, 3.05) is 0 Å². The Balaban J connectivity index is 2.06. The number of nitrogens with zero attached hydrogens (tertiary/aromatic N) is 1. The summed E-state index contributed by atoms with van der Waals surface area (Å²) in [6.45, 7) is 4.15. The van der Waals surface area contributed by atoms with Crippen molar-refractivity contribution in [3.05, 3.63) is 72.6 Å². The number of benzene rings is 2. The topological polar surface area (TPSA) is 28.7 Å². The molecule has 0 amide bonds. The zero-order valence-corrected chi connectivity index (χ0v) is 9.35. The van der Waals surface area contributed by atoms with E-state index in [1.807, 2.05) is 24.3 Å². The lowest BCUT2D eigenvalue weighted by Gasteiger charge is -2.05. The van der Waals surface area contributed by atoms with E-state index in [0.717, 1.165) is 27.7 Å². The molecule has 0 fully saturated rings. The molecule has 3 rings (SSSR count). The molecule has 0 bridgehead atoms. The number of fused-ring (bicyclic) bond motifs is 1. The fourth-order valence-electron chi connectivity index (χ4n) is 1.93. The van der Waals surface area contributed by atoms with E-state index in [-0.39, 0.29) is 0 Å². The van der Waals surface area contributed by atoms with Crippen molar-refractivity contribution in [2.24, 2.45) is 0 Å². The molecule has 2 aromatic carbocycles. The number of H-pyrrole nitrogens is 1. The van der Waals surface area contributed by atoms with Gasteiger partial charge in [-0.05, 0) is 28.8 Å². The van der Waals surface area contributed by atoms with Crippen molar-refractivity contribution >= 4 is 16.6 Å². The Labute approximate surface area is 99.6 Å². The van der Waals surface area contributed by atoms with E-state index >= 15 is 0 Å². The molecule has 2 heteroatoms. The SMILES string of the molecule is C=C(c1ccccc1)c1ccc2nc[nH]c2c1. The number of hydrogen-bond acceptors (Lipinski definition) is 1. The van der Waals surface area contributed by atoms with Crippen LogP contribution in [0.25, 0.3) is 16.6 Å². The van der Waals surface area contributed by atoms with Gasteiger partial charge in [0, 0.05) is 0 Å². The van der Waals surface area contributed by atoms with Gasteiger partial charge in [-0.25, -0.2) is 4.98 Å². The Morgan fingerprint density at radius 2 is 1.82 bits per heavy atom. The maximum Gasteiger partial charge on any atom is 0.0931 e. The van der Waals surface area contributed by atoms with E-state index in [1.54, 1.807) is 6.33 Å². The minimum atomic E-state index is 0.981. The molecule has 1 heterocycles. The quantitative estimate of drug-likeness (QED) is 0.702. The van der Waals surface area contributed by atoms with E-state index < -0.39 is 0 Å². The number of aromatic nitrogens is 2. The van der Waals surface area contributed by atoms with Crippen molar-refractivity contribution in [3.8, 4) is 0 Å². The second kappa shape index (κ2) is 3.91. The monoisotopic (exact) mass is 220 g/mol. The van der Waals surface area contributed by atoms with Crippen molar-refractivity contribution in [3.63, 3.8) is 0 Å². The standard InChI is InChI=1S/C15H12N2/c1-11(12-5-3-2-4-6-12)13-7-8-14-15(9-13)17-10-16-14/h2-10H,1H2,(H,16,17). The van der Waals surface area contributed by atoms with Crippen molar-refractivity contribution in [2.45, 2.75) is 0 Å². The minimum Gasteiger partial charge on any atom is -0.345 e. The van der Waals surface area contributed by atoms with Crippen LogP contribution in [0.4, 0.5) is 0 Å². The highest BCUT2D eigenvalue weighted by Crippen LogP contribution is 2.23. The molecule has 1 N–H and O–H groups in total. The predicted octanol–water partition coefficient (Wildman–Crippen LogP) is 3.62. The first-order chi connectivity index (χ1) is 8.34. The summed E-state index contributed by atoms with van der Waals surface area (Å²) < 4.78 is 0. The van der Waals surface area contributed by atoms with Crippen LogP contribution in [-0.4, -0.2) is 9.97 Å². The van der Waals surface area contributed by atoms with Gasteiger partial charge in [-0.2, -0.15) is 0 Å². The molecule has 3 aromatic rings. The van der Waals surface area contributed by atoms with Gasteiger partial charge in [0.15, 0.2) is 0 Å². The summed E-state index contributed by atoms with van der Waals surface area (Å²) in [4.78, 5) is 7.32. The highest BCUT2D eigenvalue weighted by Gasteiger charge is 2.03. The van der Waals surface area contributed by atoms with Crippen LogP contribution in [0.3, 0.4) is 0 Å². The Kier molecular flexibility index (Phi) is 2.26. The highest BCUT2D eigenvalue weighted by molar-refractivity contribution is 5.84. The predicted molar refractivity (Wildman–Crippen MR) is 70.7 cm³/mol. The normalized spacial score (nSPS) is 10.6. The Hall–Kier alpha value is -2.35. The molecule has 0 aliphatic rings. The van der Waals surface area contributed by atoms with Crippen molar-refractivity contribution < 1.29 is 0 Å². The zero-order valence-electron chi connectivity index (χ0n) is 9.35. The maximum absolute atomic E-state index is 4.21. The lowest BCUT2D eigenvalue weighted by Crippen LogP contribution is -1.85. The minimum absolute atomic E-state index is 0.981. The van der Waals surface area contributed by atoms with Crippen LogP contribution in [-0.2, 0) is 0 Å². The Morgan fingerprint density at radius 1 is 1.00 bits per heavy atom. The van der Waals surface area contributed by atoms with Gasteiger partial charge >= 0.3 is 0 Å². The molecule has 0 aliphatic carbocycles. The summed E-state index contributed by atoms with van der Waals surface area (Å²) in [6.07, 6.45) is 1.71.